The van der Waals surface area contributed by atoms with Gasteiger partial charge in [-0.3, -0.25) is 0 Å². The van der Waals surface area contributed by atoms with Crippen LogP contribution < -0.4 is 5.32 Å². The van der Waals surface area contributed by atoms with Gasteiger partial charge in [0.25, 0.3) is 0 Å². The molecule has 1 rings (SSSR count). The smallest absolute Gasteiger partial charge is 0.00923 e. The van der Waals surface area contributed by atoms with Crippen molar-refractivity contribution in [1.29, 1.82) is 0 Å². The van der Waals surface area contributed by atoms with Gasteiger partial charge < -0.3 is 5.32 Å². The van der Waals surface area contributed by atoms with Crippen LogP contribution in [-0.2, 0) is 0 Å². The lowest BCUT2D eigenvalue weighted by Crippen LogP contribution is -2.34. The molecule has 90 valence electrons. The summed E-state index contributed by atoms with van der Waals surface area (Å²) in [5.74, 6) is 1.86. The van der Waals surface area contributed by atoms with Crippen molar-refractivity contribution >= 4 is 0 Å². The standard InChI is InChI=1S/C14H29N/c1-4-8-12(2)14(15-3)11-13-9-6-5-7-10-13/h12-15H,4-11H2,1-3H3. The molecule has 1 saturated carbocycles. The monoisotopic (exact) mass is 211 g/mol. The van der Waals surface area contributed by atoms with Gasteiger partial charge in [-0.15, -0.1) is 0 Å². The van der Waals surface area contributed by atoms with E-state index in [0.29, 0.717) is 0 Å². The van der Waals surface area contributed by atoms with Crippen molar-refractivity contribution in [2.24, 2.45) is 11.8 Å². The van der Waals surface area contributed by atoms with Crippen LogP contribution >= 0.6 is 0 Å². The molecule has 0 aromatic heterocycles. The summed E-state index contributed by atoms with van der Waals surface area (Å²) in [5, 5.41) is 3.53. The van der Waals surface area contributed by atoms with Gasteiger partial charge in [-0.1, -0.05) is 52.4 Å². The molecular formula is C14H29N. The van der Waals surface area contributed by atoms with Gasteiger partial charge in [-0.2, -0.15) is 0 Å². The van der Waals surface area contributed by atoms with E-state index in [-0.39, 0.29) is 0 Å². The molecule has 2 unspecified atom stereocenters. The van der Waals surface area contributed by atoms with E-state index in [1.807, 2.05) is 0 Å². The maximum atomic E-state index is 3.53. The van der Waals surface area contributed by atoms with Gasteiger partial charge in [-0.25, -0.2) is 0 Å². The molecule has 0 spiro atoms. The molecule has 2 atom stereocenters. The maximum Gasteiger partial charge on any atom is 0.00923 e. The number of rotatable bonds is 6. The van der Waals surface area contributed by atoms with E-state index in [1.165, 1.54) is 51.4 Å². The van der Waals surface area contributed by atoms with E-state index >= 15 is 0 Å². The molecule has 0 saturated heterocycles. The zero-order valence-corrected chi connectivity index (χ0v) is 10.9. The van der Waals surface area contributed by atoms with Crippen LogP contribution in [0.3, 0.4) is 0 Å². The van der Waals surface area contributed by atoms with Gasteiger partial charge in [0.15, 0.2) is 0 Å². The molecule has 0 amide bonds. The minimum absolute atomic E-state index is 0.757. The lowest BCUT2D eigenvalue weighted by atomic mass is 9.81. The van der Waals surface area contributed by atoms with Crippen molar-refractivity contribution in [3.63, 3.8) is 0 Å². The predicted octanol–water partition coefficient (Wildman–Crippen LogP) is 3.98. The lowest BCUT2D eigenvalue weighted by molar-refractivity contribution is 0.258. The van der Waals surface area contributed by atoms with Gasteiger partial charge in [0.1, 0.15) is 0 Å². The third kappa shape index (κ3) is 4.55. The summed E-state index contributed by atoms with van der Waals surface area (Å²) in [6.45, 7) is 4.71. The highest BCUT2D eigenvalue weighted by atomic mass is 14.9. The molecule has 0 radical (unpaired) electrons. The summed E-state index contributed by atoms with van der Waals surface area (Å²) < 4.78 is 0. The zero-order valence-electron chi connectivity index (χ0n) is 10.9. The Morgan fingerprint density at radius 2 is 1.87 bits per heavy atom. The number of nitrogens with one attached hydrogen (secondary N) is 1. The first-order valence-electron chi connectivity index (χ1n) is 6.95. The summed E-state index contributed by atoms with van der Waals surface area (Å²) >= 11 is 0. The molecule has 1 heteroatoms. The van der Waals surface area contributed by atoms with E-state index in [9.17, 15) is 0 Å². The Balaban J connectivity index is 2.30. The van der Waals surface area contributed by atoms with Crippen LogP contribution in [-0.4, -0.2) is 13.1 Å². The molecule has 0 heterocycles. The van der Waals surface area contributed by atoms with Crippen molar-refractivity contribution in [3.8, 4) is 0 Å². The van der Waals surface area contributed by atoms with Crippen molar-refractivity contribution < 1.29 is 0 Å². The molecule has 0 aromatic rings. The minimum atomic E-state index is 0.757. The first-order valence-corrected chi connectivity index (χ1v) is 6.95. The molecule has 1 aliphatic carbocycles. The van der Waals surface area contributed by atoms with Crippen LogP contribution in [0.1, 0.15) is 65.2 Å². The first-order chi connectivity index (χ1) is 7.27. The van der Waals surface area contributed by atoms with Crippen molar-refractivity contribution in [3.05, 3.63) is 0 Å². The Morgan fingerprint density at radius 1 is 1.20 bits per heavy atom. The Bertz CT molecular complexity index is 149. The fourth-order valence-electron chi connectivity index (χ4n) is 3.07. The third-order valence-corrected chi connectivity index (χ3v) is 4.11. The van der Waals surface area contributed by atoms with Crippen LogP contribution in [0.5, 0.6) is 0 Å². The average Bonchev–Trinajstić information content (AvgIpc) is 2.27. The average molecular weight is 211 g/mol. The molecule has 1 aliphatic rings. The topological polar surface area (TPSA) is 12.0 Å². The molecule has 0 bridgehead atoms. The van der Waals surface area contributed by atoms with E-state index in [0.717, 1.165) is 17.9 Å². The minimum Gasteiger partial charge on any atom is -0.317 e. The number of hydrogen-bond acceptors (Lipinski definition) is 1. The van der Waals surface area contributed by atoms with Gasteiger partial charge in [0, 0.05) is 6.04 Å². The fraction of sp³-hybridized carbons (Fsp3) is 1.00. The largest absolute Gasteiger partial charge is 0.317 e. The predicted molar refractivity (Wildman–Crippen MR) is 68.1 cm³/mol. The maximum absolute atomic E-state index is 3.53. The van der Waals surface area contributed by atoms with Crippen LogP contribution in [0.15, 0.2) is 0 Å². The normalized spacial score (nSPS) is 22.6. The summed E-state index contributed by atoms with van der Waals surface area (Å²) in [6, 6.07) is 0.757. The summed E-state index contributed by atoms with van der Waals surface area (Å²) in [7, 11) is 2.14. The molecule has 1 fully saturated rings. The molecule has 1 N–H and O–H groups in total. The Morgan fingerprint density at radius 3 is 2.40 bits per heavy atom. The Labute approximate surface area is 96.0 Å². The highest BCUT2D eigenvalue weighted by Crippen LogP contribution is 2.29. The van der Waals surface area contributed by atoms with Gasteiger partial charge in [0.05, 0.1) is 0 Å². The zero-order chi connectivity index (χ0) is 11.1. The third-order valence-electron chi connectivity index (χ3n) is 4.11. The van der Waals surface area contributed by atoms with Crippen LogP contribution in [0.4, 0.5) is 0 Å². The van der Waals surface area contributed by atoms with E-state index in [4.69, 9.17) is 0 Å². The highest BCUT2D eigenvalue weighted by molar-refractivity contribution is 4.77. The van der Waals surface area contributed by atoms with Gasteiger partial charge >= 0.3 is 0 Å². The summed E-state index contributed by atoms with van der Waals surface area (Å²) in [4.78, 5) is 0. The van der Waals surface area contributed by atoms with E-state index in [2.05, 4.69) is 26.2 Å². The fourth-order valence-corrected chi connectivity index (χ4v) is 3.07. The van der Waals surface area contributed by atoms with Crippen LogP contribution in [0.2, 0.25) is 0 Å². The second-order valence-corrected chi connectivity index (χ2v) is 5.40. The van der Waals surface area contributed by atoms with Crippen LogP contribution in [0.25, 0.3) is 0 Å². The van der Waals surface area contributed by atoms with Crippen molar-refractivity contribution in [1.82, 2.24) is 5.32 Å². The SMILES string of the molecule is CCCC(C)C(CC1CCCCC1)NC. The Kier molecular flexibility index (Phi) is 6.31. The molecule has 1 nitrogen and oxygen atoms in total. The van der Waals surface area contributed by atoms with E-state index in [1.54, 1.807) is 0 Å². The lowest BCUT2D eigenvalue weighted by Gasteiger charge is -2.30. The first kappa shape index (κ1) is 13.0. The van der Waals surface area contributed by atoms with Crippen LogP contribution in [0, 0.1) is 11.8 Å². The highest BCUT2D eigenvalue weighted by Gasteiger charge is 2.21. The second-order valence-electron chi connectivity index (χ2n) is 5.40. The molecule has 0 aliphatic heterocycles. The summed E-state index contributed by atoms with van der Waals surface area (Å²) in [5.41, 5.74) is 0. The second kappa shape index (κ2) is 7.27. The van der Waals surface area contributed by atoms with E-state index < -0.39 is 0 Å². The molecular weight excluding hydrogens is 182 g/mol. The molecule has 0 aromatic carbocycles. The number of hydrogen-bond donors (Lipinski definition) is 1. The van der Waals surface area contributed by atoms with Gasteiger partial charge in [-0.05, 0) is 31.7 Å². The van der Waals surface area contributed by atoms with Crippen molar-refractivity contribution in [2.45, 2.75) is 71.3 Å². The summed E-state index contributed by atoms with van der Waals surface area (Å²) in [6.07, 6.45) is 11.5. The Hall–Kier alpha value is -0.0400. The molecule has 15 heavy (non-hydrogen) atoms. The quantitative estimate of drug-likeness (QED) is 0.700. The van der Waals surface area contributed by atoms with Gasteiger partial charge in [0.2, 0.25) is 0 Å². The van der Waals surface area contributed by atoms with Crippen molar-refractivity contribution in [2.75, 3.05) is 7.05 Å².